The first-order valence-corrected chi connectivity index (χ1v) is 6.93. The van der Waals surface area contributed by atoms with Crippen LogP contribution in [0.5, 0.6) is 0 Å². The highest BCUT2D eigenvalue weighted by Gasteiger charge is 2.17. The summed E-state index contributed by atoms with van der Waals surface area (Å²) >= 11 is 0. The van der Waals surface area contributed by atoms with Gasteiger partial charge in [0.2, 0.25) is 0 Å². The first-order chi connectivity index (χ1) is 10.8. The largest absolute Gasteiger partial charge is 0.343 e. The molecule has 0 aliphatic rings. The standard InChI is InChI=1S/C16H15N5O/c22-16(14-7-4-8-17-11-14)20-15(12-21-18-9-10-19-21)13-5-2-1-3-6-13/h1-11,15H,12H2,(H,20,22)/t15-/m0/s1. The van der Waals surface area contributed by atoms with Crippen molar-refractivity contribution in [3.8, 4) is 0 Å². The van der Waals surface area contributed by atoms with Gasteiger partial charge in [0, 0.05) is 12.4 Å². The van der Waals surface area contributed by atoms with Gasteiger partial charge in [-0.15, -0.1) is 0 Å². The molecule has 1 atom stereocenters. The average Bonchev–Trinajstić information content (AvgIpc) is 3.09. The predicted molar refractivity (Wildman–Crippen MR) is 80.9 cm³/mol. The Kier molecular flexibility index (Phi) is 4.20. The number of nitrogens with zero attached hydrogens (tertiary/aromatic N) is 4. The fourth-order valence-electron chi connectivity index (χ4n) is 2.16. The maximum Gasteiger partial charge on any atom is 0.253 e. The molecule has 0 bridgehead atoms. The Hall–Kier alpha value is -3.02. The summed E-state index contributed by atoms with van der Waals surface area (Å²) in [6.07, 6.45) is 6.42. The lowest BCUT2D eigenvalue weighted by Gasteiger charge is -2.18. The zero-order valence-electron chi connectivity index (χ0n) is 11.8. The van der Waals surface area contributed by atoms with Crippen molar-refractivity contribution in [2.75, 3.05) is 0 Å². The van der Waals surface area contributed by atoms with Crippen molar-refractivity contribution in [1.29, 1.82) is 0 Å². The van der Waals surface area contributed by atoms with Crippen molar-refractivity contribution >= 4 is 5.91 Å². The molecule has 0 spiro atoms. The van der Waals surface area contributed by atoms with Gasteiger partial charge in [-0.05, 0) is 17.7 Å². The number of hydrogen-bond donors (Lipinski definition) is 1. The van der Waals surface area contributed by atoms with Gasteiger partial charge in [-0.25, -0.2) is 0 Å². The van der Waals surface area contributed by atoms with E-state index in [2.05, 4.69) is 20.5 Å². The van der Waals surface area contributed by atoms with Crippen molar-refractivity contribution < 1.29 is 4.79 Å². The normalized spacial score (nSPS) is 11.8. The lowest BCUT2D eigenvalue weighted by molar-refractivity contribution is 0.0930. The fourth-order valence-corrected chi connectivity index (χ4v) is 2.16. The van der Waals surface area contributed by atoms with E-state index in [1.165, 1.54) is 0 Å². The molecule has 0 aliphatic heterocycles. The Morgan fingerprint density at radius 1 is 1.05 bits per heavy atom. The van der Waals surface area contributed by atoms with Gasteiger partial charge in [0.1, 0.15) is 0 Å². The first-order valence-electron chi connectivity index (χ1n) is 6.93. The minimum atomic E-state index is -0.221. The maximum absolute atomic E-state index is 12.4. The van der Waals surface area contributed by atoms with Gasteiger partial charge >= 0.3 is 0 Å². The molecule has 0 fully saturated rings. The summed E-state index contributed by atoms with van der Waals surface area (Å²) in [5.74, 6) is -0.172. The molecular formula is C16H15N5O. The van der Waals surface area contributed by atoms with E-state index in [1.807, 2.05) is 30.3 Å². The number of pyridine rings is 1. The van der Waals surface area contributed by atoms with Crippen molar-refractivity contribution in [2.24, 2.45) is 0 Å². The van der Waals surface area contributed by atoms with Crippen LogP contribution in [0.3, 0.4) is 0 Å². The Bertz CT molecular complexity index is 713. The van der Waals surface area contributed by atoms with Crippen LogP contribution in [0.2, 0.25) is 0 Å². The van der Waals surface area contributed by atoms with Gasteiger partial charge in [-0.1, -0.05) is 30.3 Å². The Labute approximate surface area is 127 Å². The van der Waals surface area contributed by atoms with Gasteiger partial charge in [-0.3, -0.25) is 9.78 Å². The highest BCUT2D eigenvalue weighted by atomic mass is 16.1. The van der Waals surface area contributed by atoms with E-state index >= 15 is 0 Å². The SMILES string of the molecule is O=C(N[C@@H](Cn1nccn1)c1ccccc1)c1cccnc1. The molecule has 2 heterocycles. The zero-order chi connectivity index (χ0) is 15.2. The first kappa shape index (κ1) is 13.9. The molecule has 0 unspecified atom stereocenters. The lowest BCUT2D eigenvalue weighted by Crippen LogP contribution is -2.32. The second-order valence-electron chi connectivity index (χ2n) is 4.76. The molecule has 0 saturated heterocycles. The third-order valence-electron chi connectivity index (χ3n) is 3.24. The third-order valence-corrected chi connectivity index (χ3v) is 3.24. The average molecular weight is 293 g/mol. The van der Waals surface area contributed by atoms with Crippen molar-refractivity contribution in [3.63, 3.8) is 0 Å². The Balaban J connectivity index is 1.81. The molecule has 3 rings (SSSR count). The molecule has 22 heavy (non-hydrogen) atoms. The summed E-state index contributed by atoms with van der Waals surface area (Å²) in [4.78, 5) is 17.9. The van der Waals surface area contributed by atoms with Crippen molar-refractivity contribution in [3.05, 3.63) is 78.4 Å². The summed E-state index contributed by atoms with van der Waals surface area (Å²) < 4.78 is 0. The van der Waals surface area contributed by atoms with Crippen LogP contribution in [0.1, 0.15) is 22.0 Å². The van der Waals surface area contributed by atoms with Gasteiger partial charge in [0.25, 0.3) is 5.91 Å². The molecule has 0 radical (unpaired) electrons. The number of carbonyl (C=O) groups is 1. The van der Waals surface area contributed by atoms with Gasteiger partial charge in [0.05, 0.1) is 30.5 Å². The number of rotatable bonds is 5. The Morgan fingerprint density at radius 2 is 1.82 bits per heavy atom. The number of benzene rings is 1. The van der Waals surface area contributed by atoms with E-state index < -0.39 is 0 Å². The number of hydrogen-bond acceptors (Lipinski definition) is 4. The van der Waals surface area contributed by atoms with E-state index in [0.717, 1.165) is 5.56 Å². The van der Waals surface area contributed by atoms with E-state index in [4.69, 9.17) is 0 Å². The summed E-state index contributed by atoms with van der Waals surface area (Å²) in [5, 5.41) is 11.2. The minimum Gasteiger partial charge on any atom is -0.343 e. The minimum absolute atomic E-state index is 0.172. The number of aromatic nitrogens is 4. The monoisotopic (exact) mass is 293 g/mol. The Morgan fingerprint density at radius 3 is 2.50 bits per heavy atom. The van der Waals surface area contributed by atoms with Crippen LogP contribution in [-0.2, 0) is 6.54 Å². The summed E-state index contributed by atoms with van der Waals surface area (Å²) in [7, 11) is 0. The maximum atomic E-state index is 12.4. The summed E-state index contributed by atoms with van der Waals surface area (Å²) in [6, 6.07) is 13.0. The van der Waals surface area contributed by atoms with E-state index in [9.17, 15) is 4.79 Å². The van der Waals surface area contributed by atoms with E-state index in [1.54, 1.807) is 41.7 Å². The second kappa shape index (κ2) is 6.62. The molecule has 1 aromatic carbocycles. The quantitative estimate of drug-likeness (QED) is 0.779. The van der Waals surface area contributed by atoms with Crippen LogP contribution in [0.4, 0.5) is 0 Å². The van der Waals surface area contributed by atoms with Crippen LogP contribution in [0, 0.1) is 0 Å². The van der Waals surface area contributed by atoms with E-state index in [-0.39, 0.29) is 11.9 Å². The van der Waals surface area contributed by atoms with Crippen LogP contribution in [0.15, 0.2) is 67.3 Å². The molecule has 0 saturated carbocycles. The zero-order valence-corrected chi connectivity index (χ0v) is 11.8. The summed E-state index contributed by atoms with van der Waals surface area (Å²) in [5.41, 5.74) is 1.52. The van der Waals surface area contributed by atoms with Crippen LogP contribution < -0.4 is 5.32 Å². The lowest BCUT2D eigenvalue weighted by atomic mass is 10.1. The molecule has 1 amide bonds. The van der Waals surface area contributed by atoms with Crippen LogP contribution in [-0.4, -0.2) is 25.9 Å². The number of amides is 1. The van der Waals surface area contributed by atoms with E-state index in [0.29, 0.717) is 12.1 Å². The van der Waals surface area contributed by atoms with Crippen LogP contribution in [0.25, 0.3) is 0 Å². The van der Waals surface area contributed by atoms with Gasteiger partial charge in [0.15, 0.2) is 0 Å². The molecule has 110 valence electrons. The predicted octanol–water partition coefficient (Wildman–Crippen LogP) is 1.84. The molecule has 2 aromatic heterocycles. The molecular weight excluding hydrogens is 278 g/mol. The van der Waals surface area contributed by atoms with Gasteiger partial charge < -0.3 is 5.32 Å². The second-order valence-corrected chi connectivity index (χ2v) is 4.76. The van der Waals surface area contributed by atoms with Crippen molar-refractivity contribution in [1.82, 2.24) is 25.3 Å². The van der Waals surface area contributed by atoms with Crippen LogP contribution >= 0.6 is 0 Å². The number of nitrogens with one attached hydrogen (secondary N) is 1. The molecule has 3 aromatic rings. The molecule has 6 nitrogen and oxygen atoms in total. The molecule has 0 aliphatic carbocycles. The van der Waals surface area contributed by atoms with Gasteiger partial charge in [-0.2, -0.15) is 15.0 Å². The topological polar surface area (TPSA) is 72.7 Å². The highest BCUT2D eigenvalue weighted by molar-refractivity contribution is 5.94. The third kappa shape index (κ3) is 3.35. The number of carbonyl (C=O) groups excluding carboxylic acids is 1. The molecule has 1 N–H and O–H groups in total. The summed E-state index contributed by atoms with van der Waals surface area (Å²) in [6.45, 7) is 0.461. The molecule has 6 heteroatoms. The highest BCUT2D eigenvalue weighted by Crippen LogP contribution is 2.15. The smallest absolute Gasteiger partial charge is 0.253 e. The fraction of sp³-hybridized carbons (Fsp3) is 0.125. The van der Waals surface area contributed by atoms with Crippen molar-refractivity contribution in [2.45, 2.75) is 12.6 Å².